The van der Waals surface area contributed by atoms with E-state index in [1.165, 1.54) is 0 Å². The van der Waals surface area contributed by atoms with E-state index in [0.29, 0.717) is 5.92 Å². The van der Waals surface area contributed by atoms with Crippen LogP contribution in [0.1, 0.15) is 38.9 Å². The standard InChI is InChI=1S/C12H18BrN3/c1-4-5-6-7-14-11-8-10(13)15-12(16-11)9(2)3/h4-5,8-9H,6-7H2,1-3H3,(H,14,15,16)/b5-4+. The van der Waals surface area contributed by atoms with Gasteiger partial charge < -0.3 is 5.32 Å². The van der Waals surface area contributed by atoms with Crippen molar-refractivity contribution < 1.29 is 0 Å². The molecule has 0 aromatic carbocycles. The molecule has 1 aromatic heterocycles. The average Bonchev–Trinajstić information content (AvgIpc) is 2.23. The molecule has 0 atom stereocenters. The van der Waals surface area contributed by atoms with E-state index in [9.17, 15) is 0 Å². The third kappa shape index (κ3) is 4.31. The second-order valence-corrected chi connectivity index (χ2v) is 4.69. The lowest BCUT2D eigenvalue weighted by molar-refractivity contribution is 0.769. The maximum atomic E-state index is 4.45. The number of aromatic nitrogens is 2. The smallest absolute Gasteiger partial charge is 0.134 e. The summed E-state index contributed by atoms with van der Waals surface area (Å²) in [6.07, 6.45) is 5.19. The minimum Gasteiger partial charge on any atom is -0.370 e. The van der Waals surface area contributed by atoms with Crippen LogP contribution in [-0.2, 0) is 0 Å². The third-order valence-corrected chi connectivity index (χ3v) is 2.49. The first-order valence-corrected chi connectivity index (χ1v) is 6.32. The molecule has 0 fully saturated rings. The summed E-state index contributed by atoms with van der Waals surface area (Å²) in [4.78, 5) is 8.78. The monoisotopic (exact) mass is 283 g/mol. The maximum Gasteiger partial charge on any atom is 0.134 e. The maximum absolute atomic E-state index is 4.45. The number of rotatable bonds is 5. The van der Waals surface area contributed by atoms with Crippen LogP contribution in [0.2, 0.25) is 0 Å². The summed E-state index contributed by atoms with van der Waals surface area (Å²) in [5.74, 6) is 2.09. The minimum atomic E-state index is 0.341. The van der Waals surface area contributed by atoms with Crippen LogP contribution >= 0.6 is 15.9 Å². The fourth-order valence-electron chi connectivity index (χ4n) is 1.23. The van der Waals surface area contributed by atoms with Gasteiger partial charge in [0.2, 0.25) is 0 Å². The van der Waals surface area contributed by atoms with Crippen molar-refractivity contribution in [3.63, 3.8) is 0 Å². The highest BCUT2D eigenvalue weighted by Crippen LogP contribution is 2.17. The number of hydrogen-bond donors (Lipinski definition) is 1. The number of nitrogens with zero attached hydrogens (tertiary/aromatic N) is 2. The lowest BCUT2D eigenvalue weighted by Crippen LogP contribution is -2.06. The molecule has 0 spiro atoms. The van der Waals surface area contributed by atoms with Crippen LogP contribution in [0.4, 0.5) is 5.82 Å². The van der Waals surface area contributed by atoms with E-state index in [4.69, 9.17) is 0 Å². The summed E-state index contributed by atoms with van der Waals surface area (Å²) in [6, 6.07) is 1.90. The zero-order valence-corrected chi connectivity index (χ0v) is 11.6. The molecule has 0 radical (unpaired) electrons. The highest BCUT2D eigenvalue weighted by molar-refractivity contribution is 9.10. The fourth-order valence-corrected chi connectivity index (χ4v) is 1.63. The van der Waals surface area contributed by atoms with Crippen LogP contribution in [0, 0.1) is 0 Å². The first kappa shape index (κ1) is 13.2. The van der Waals surface area contributed by atoms with Gasteiger partial charge in [-0.1, -0.05) is 26.0 Å². The predicted octanol–water partition coefficient (Wildman–Crippen LogP) is 3.74. The zero-order valence-electron chi connectivity index (χ0n) is 10.00. The second-order valence-electron chi connectivity index (χ2n) is 3.87. The Morgan fingerprint density at radius 1 is 1.44 bits per heavy atom. The Hall–Kier alpha value is -0.900. The van der Waals surface area contributed by atoms with Crippen molar-refractivity contribution in [3.05, 3.63) is 28.6 Å². The number of halogens is 1. The van der Waals surface area contributed by atoms with Gasteiger partial charge in [0.15, 0.2) is 0 Å². The Morgan fingerprint density at radius 2 is 2.19 bits per heavy atom. The molecular formula is C12H18BrN3. The van der Waals surface area contributed by atoms with Gasteiger partial charge >= 0.3 is 0 Å². The van der Waals surface area contributed by atoms with Crippen LogP contribution in [-0.4, -0.2) is 16.5 Å². The molecule has 0 saturated carbocycles. The molecule has 0 amide bonds. The highest BCUT2D eigenvalue weighted by atomic mass is 79.9. The van der Waals surface area contributed by atoms with Gasteiger partial charge in [0.1, 0.15) is 16.2 Å². The van der Waals surface area contributed by atoms with Gasteiger partial charge in [0.05, 0.1) is 0 Å². The van der Waals surface area contributed by atoms with Crippen LogP contribution in [0.25, 0.3) is 0 Å². The average molecular weight is 284 g/mol. The Kier molecular flexibility index (Phi) is 5.46. The largest absolute Gasteiger partial charge is 0.370 e. The summed E-state index contributed by atoms with van der Waals surface area (Å²) in [5, 5.41) is 3.28. The van der Waals surface area contributed by atoms with Gasteiger partial charge in [0, 0.05) is 18.5 Å². The summed E-state index contributed by atoms with van der Waals surface area (Å²) < 4.78 is 0.833. The van der Waals surface area contributed by atoms with Gasteiger partial charge in [-0.2, -0.15) is 0 Å². The van der Waals surface area contributed by atoms with E-state index < -0.39 is 0 Å². The number of allylic oxidation sites excluding steroid dienone is 1. The van der Waals surface area contributed by atoms with Crippen molar-refractivity contribution >= 4 is 21.7 Å². The van der Waals surface area contributed by atoms with Gasteiger partial charge in [-0.05, 0) is 29.3 Å². The molecule has 88 valence electrons. The molecule has 0 aliphatic carbocycles. The van der Waals surface area contributed by atoms with Crippen molar-refractivity contribution in [1.29, 1.82) is 0 Å². The van der Waals surface area contributed by atoms with Gasteiger partial charge in [-0.15, -0.1) is 0 Å². The van der Waals surface area contributed by atoms with Crippen molar-refractivity contribution in [3.8, 4) is 0 Å². The molecule has 1 N–H and O–H groups in total. The zero-order chi connectivity index (χ0) is 12.0. The van der Waals surface area contributed by atoms with Crippen LogP contribution in [0.15, 0.2) is 22.8 Å². The number of anilines is 1. The summed E-state index contributed by atoms with van der Waals surface area (Å²) >= 11 is 3.40. The summed E-state index contributed by atoms with van der Waals surface area (Å²) in [5.41, 5.74) is 0. The first-order valence-electron chi connectivity index (χ1n) is 5.53. The van der Waals surface area contributed by atoms with Crippen molar-refractivity contribution in [2.24, 2.45) is 0 Å². The van der Waals surface area contributed by atoms with E-state index in [1.807, 2.05) is 13.0 Å². The van der Waals surface area contributed by atoms with E-state index in [1.54, 1.807) is 0 Å². The second kappa shape index (κ2) is 6.63. The van der Waals surface area contributed by atoms with Crippen LogP contribution < -0.4 is 5.32 Å². The molecule has 0 bridgehead atoms. The number of nitrogens with one attached hydrogen (secondary N) is 1. The lowest BCUT2D eigenvalue weighted by atomic mass is 10.2. The minimum absolute atomic E-state index is 0.341. The summed E-state index contributed by atoms with van der Waals surface area (Å²) in [6.45, 7) is 7.10. The number of hydrogen-bond acceptors (Lipinski definition) is 3. The van der Waals surface area contributed by atoms with Gasteiger partial charge in [0.25, 0.3) is 0 Å². The van der Waals surface area contributed by atoms with E-state index in [0.717, 1.165) is 29.2 Å². The Labute approximate surface area is 106 Å². The topological polar surface area (TPSA) is 37.8 Å². The van der Waals surface area contributed by atoms with Crippen molar-refractivity contribution in [1.82, 2.24) is 9.97 Å². The van der Waals surface area contributed by atoms with Crippen LogP contribution in [0.3, 0.4) is 0 Å². The molecule has 0 saturated heterocycles. The Morgan fingerprint density at radius 3 is 2.81 bits per heavy atom. The Balaban J connectivity index is 2.65. The Bertz CT molecular complexity index is 361. The van der Waals surface area contributed by atoms with E-state index >= 15 is 0 Å². The van der Waals surface area contributed by atoms with Gasteiger partial charge in [-0.3, -0.25) is 0 Å². The predicted molar refractivity (Wildman–Crippen MR) is 71.7 cm³/mol. The van der Waals surface area contributed by atoms with E-state index in [2.05, 4.69) is 57.2 Å². The molecule has 16 heavy (non-hydrogen) atoms. The molecule has 4 heteroatoms. The van der Waals surface area contributed by atoms with Crippen LogP contribution in [0.5, 0.6) is 0 Å². The SMILES string of the molecule is C/C=C/CCNc1cc(Br)nc(C(C)C)n1. The molecule has 1 rings (SSSR count). The third-order valence-electron chi connectivity index (χ3n) is 2.08. The van der Waals surface area contributed by atoms with Gasteiger partial charge in [-0.25, -0.2) is 9.97 Å². The first-order chi connectivity index (χ1) is 7.63. The molecule has 3 nitrogen and oxygen atoms in total. The van der Waals surface area contributed by atoms with Crippen molar-refractivity contribution in [2.45, 2.75) is 33.1 Å². The molecule has 1 heterocycles. The summed E-state index contributed by atoms with van der Waals surface area (Å²) in [7, 11) is 0. The van der Waals surface area contributed by atoms with E-state index in [-0.39, 0.29) is 0 Å². The highest BCUT2D eigenvalue weighted by Gasteiger charge is 2.05. The molecule has 0 aliphatic rings. The lowest BCUT2D eigenvalue weighted by Gasteiger charge is -2.08. The molecule has 0 unspecified atom stereocenters. The molecule has 0 aliphatic heterocycles. The van der Waals surface area contributed by atoms with Crippen molar-refractivity contribution in [2.75, 3.05) is 11.9 Å². The molecular weight excluding hydrogens is 266 g/mol. The normalized spacial score (nSPS) is 11.3. The molecule has 1 aromatic rings. The fraction of sp³-hybridized carbons (Fsp3) is 0.500. The quantitative estimate of drug-likeness (QED) is 0.508.